The van der Waals surface area contributed by atoms with Crippen LogP contribution in [0, 0.1) is 0 Å². The Labute approximate surface area is 220 Å². The van der Waals surface area contributed by atoms with Gasteiger partial charge in [0.1, 0.15) is 11.6 Å². The van der Waals surface area contributed by atoms with Gasteiger partial charge in [0.15, 0.2) is 0 Å². The Morgan fingerprint density at radius 2 is 1.28 bits per heavy atom. The molecule has 2 saturated carbocycles. The van der Waals surface area contributed by atoms with E-state index in [0.717, 1.165) is 17.4 Å². The monoisotopic (exact) mass is 544 g/mol. The third-order valence-electron chi connectivity index (χ3n) is 6.06. The summed E-state index contributed by atoms with van der Waals surface area (Å²) in [5, 5.41) is 17.2. The Morgan fingerprint density at radius 3 is 1.78 bits per heavy atom. The fraction of sp³-hybridized carbons (Fsp3) is 0.214. The lowest BCUT2D eigenvalue weighted by atomic mass is 9.82. The lowest BCUT2D eigenvalue weighted by Crippen LogP contribution is -2.29. The van der Waals surface area contributed by atoms with E-state index in [1.165, 1.54) is 65.2 Å². The van der Waals surface area contributed by atoms with Gasteiger partial charge >= 0.3 is 7.12 Å². The molecule has 0 atom stereocenters. The number of benzene rings is 2. The van der Waals surface area contributed by atoms with Gasteiger partial charge in [-0.1, -0.05) is 58.4 Å². The molecule has 2 aromatic carbocycles. The van der Waals surface area contributed by atoms with Crippen molar-refractivity contribution in [1.82, 2.24) is 9.97 Å². The van der Waals surface area contributed by atoms with Crippen LogP contribution in [0.1, 0.15) is 48.6 Å². The van der Waals surface area contributed by atoms with Crippen LogP contribution in [0.3, 0.4) is 0 Å². The Bertz CT molecular complexity index is 1260. The molecule has 6 rings (SSSR count). The van der Waals surface area contributed by atoms with E-state index in [1.807, 2.05) is 18.3 Å². The van der Waals surface area contributed by atoms with Gasteiger partial charge in [-0.2, -0.15) is 0 Å². The van der Waals surface area contributed by atoms with Crippen LogP contribution >= 0.6 is 15.9 Å². The van der Waals surface area contributed by atoms with E-state index in [-0.39, 0.29) is 0 Å². The van der Waals surface area contributed by atoms with Crippen LogP contribution in [0.2, 0.25) is 0 Å². The summed E-state index contributed by atoms with van der Waals surface area (Å²) >= 11 is 3.46. The van der Waals surface area contributed by atoms with Gasteiger partial charge in [0.2, 0.25) is 0 Å². The molecule has 6 N–H and O–H groups in total. The van der Waals surface area contributed by atoms with Crippen LogP contribution in [0.5, 0.6) is 0 Å². The summed E-state index contributed by atoms with van der Waals surface area (Å²) in [6.07, 6.45) is 8.60. The van der Waals surface area contributed by atoms with E-state index in [0.29, 0.717) is 17.1 Å². The van der Waals surface area contributed by atoms with Crippen molar-refractivity contribution in [3.8, 4) is 11.1 Å². The van der Waals surface area contributed by atoms with E-state index in [9.17, 15) is 0 Å². The quantitative estimate of drug-likeness (QED) is 0.272. The molecular formula is C28H30BBrN4O2. The fourth-order valence-corrected chi connectivity index (χ4v) is 4.13. The van der Waals surface area contributed by atoms with Crippen molar-refractivity contribution in [1.29, 1.82) is 0 Å². The van der Waals surface area contributed by atoms with Gasteiger partial charge in [-0.05, 0) is 84.5 Å². The summed E-state index contributed by atoms with van der Waals surface area (Å²) in [4.78, 5) is 7.78. The molecule has 36 heavy (non-hydrogen) atoms. The Balaban J connectivity index is 0.000000133. The topological polar surface area (TPSA) is 118 Å². The lowest BCUT2D eigenvalue weighted by Gasteiger charge is -2.04. The average molecular weight is 545 g/mol. The number of rotatable bonds is 4. The summed E-state index contributed by atoms with van der Waals surface area (Å²) in [7, 11) is -1.46. The number of pyridine rings is 2. The smallest absolute Gasteiger partial charge is 0.423 e. The molecule has 184 valence electrons. The standard InChI is InChI=1S/C14H14N2.C9H9Br.C5H7BN2O2/c15-14-7-6-13(9-16-14)12-3-1-2-11(8-12)10-4-5-10;10-9-3-1-2-8(6-9)7-4-5-7;7-5-2-1-4(3-8-5)6(9)10/h1-3,6-10H,4-5H2,(H2,15,16);1-3,6-7H,4-5H2;1-3,9-10H,(H2,7,8). The minimum atomic E-state index is -1.46. The zero-order valence-electron chi connectivity index (χ0n) is 20.0. The number of hydrogen-bond acceptors (Lipinski definition) is 6. The van der Waals surface area contributed by atoms with Crippen molar-refractivity contribution >= 4 is 40.1 Å². The highest BCUT2D eigenvalue weighted by molar-refractivity contribution is 9.10. The second-order valence-electron chi connectivity index (χ2n) is 9.09. The molecule has 2 fully saturated rings. The Kier molecular flexibility index (Phi) is 8.75. The number of nitrogens with two attached hydrogens (primary N) is 2. The van der Waals surface area contributed by atoms with Crippen LogP contribution in [0.4, 0.5) is 11.6 Å². The van der Waals surface area contributed by atoms with E-state index in [2.05, 4.69) is 74.4 Å². The highest BCUT2D eigenvalue weighted by atomic mass is 79.9. The normalized spacial score (nSPS) is 14.1. The molecule has 0 unspecified atom stereocenters. The minimum Gasteiger partial charge on any atom is -0.423 e. The van der Waals surface area contributed by atoms with Gasteiger partial charge in [0, 0.05) is 27.9 Å². The van der Waals surface area contributed by atoms with E-state index in [4.69, 9.17) is 21.5 Å². The highest BCUT2D eigenvalue weighted by Gasteiger charge is 2.23. The zero-order chi connectivity index (χ0) is 25.5. The molecule has 0 amide bonds. The number of hydrogen-bond donors (Lipinski definition) is 4. The average Bonchev–Trinajstić information content (AvgIpc) is 3.79. The van der Waals surface area contributed by atoms with Crippen LogP contribution in [0.25, 0.3) is 11.1 Å². The second kappa shape index (κ2) is 12.2. The largest absolute Gasteiger partial charge is 0.490 e. The molecule has 0 spiro atoms. The third-order valence-corrected chi connectivity index (χ3v) is 6.55. The molecule has 2 aliphatic rings. The molecule has 2 heterocycles. The molecule has 2 aliphatic carbocycles. The lowest BCUT2D eigenvalue weighted by molar-refractivity contribution is 0.425. The van der Waals surface area contributed by atoms with Crippen LogP contribution in [-0.4, -0.2) is 27.1 Å². The summed E-state index contributed by atoms with van der Waals surface area (Å²) in [6, 6.07) is 24.2. The van der Waals surface area contributed by atoms with E-state index < -0.39 is 7.12 Å². The maximum absolute atomic E-state index is 8.59. The molecule has 6 nitrogen and oxygen atoms in total. The first-order valence-corrected chi connectivity index (χ1v) is 12.8. The summed E-state index contributed by atoms with van der Waals surface area (Å²) in [5.41, 5.74) is 16.5. The van der Waals surface area contributed by atoms with Gasteiger partial charge in [0.05, 0.1) is 0 Å². The SMILES string of the molecule is Brc1cccc(C2CC2)c1.Nc1ccc(-c2cccc(C3CC3)c2)cn1.Nc1ccc(B(O)O)cn1. The third kappa shape index (κ3) is 7.91. The molecule has 0 aliphatic heterocycles. The fourth-order valence-electron chi connectivity index (χ4n) is 3.71. The van der Waals surface area contributed by atoms with Crippen molar-refractivity contribution in [3.63, 3.8) is 0 Å². The van der Waals surface area contributed by atoms with E-state index >= 15 is 0 Å². The molecule has 0 saturated heterocycles. The Hall–Kier alpha value is -3.20. The summed E-state index contributed by atoms with van der Waals surface area (Å²) in [6.45, 7) is 0. The van der Waals surface area contributed by atoms with Crippen LogP contribution < -0.4 is 16.9 Å². The molecule has 8 heteroatoms. The van der Waals surface area contributed by atoms with Crippen molar-refractivity contribution in [2.45, 2.75) is 37.5 Å². The van der Waals surface area contributed by atoms with Crippen molar-refractivity contribution in [2.24, 2.45) is 0 Å². The van der Waals surface area contributed by atoms with Gasteiger partial charge in [0.25, 0.3) is 0 Å². The van der Waals surface area contributed by atoms with Crippen LogP contribution in [-0.2, 0) is 0 Å². The first kappa shape index (κ1) is 25.9. The van der Waals surface area contributed by atoms with E-state index in [1.54, 1.807) is 0 Å². The number of nitrogens with zero attached hydrogens (tertiary/aromatic N) is 2. The first-order chi connectivity index (χ1) is 17.4. The zero-order valence-corrected chi connectivity index (χ0v) is 21.6. The number of anilines is 2. The summed E-state index contributed by atoms with van der Waals surface area (Å²) in [5.74, 6) is 2.60. The maximum Gasteiger partial charge on any atom is 0.490 e. The molecule has 0 radical (unpaired) electrons. The van der Waals surface area contributed by atoms with Gasteiger partial charge in [-0.15, -0.1) is 0 Å². The highest BCUT2D eigenvalue weighted by Crippen LogP contribution is 2.41. The molecule has 0 bridgehead atoms. The van der Waals surface area contributed by atoms with Crippen LogP contribution in [0.15, 0.2) is 89.7 Å². The Morgan fingerprint density at radius 1 is 0.694 bits per heavy atom. The molecule has 2 aromatic heterocycles. The van der Waals surface area contributed by atoms with Gasteiger partial charge in [-0.3, -0.25) is 0 Å². The van der Waals surface area contributed by atoms with Crippen molar-refractivity contribution in [3.05, 3.63) is 101 Å². The predicted molar refractivity (Wildman–Crippen MR) is 151 cm³/mol. The molecule has 4 aromatic rings. The van der Waals surface area contributed by atoms with Crippen molar-refractivity contribution in [2.75, 3.05) is 11.5 Å². The number of halogens is 1. The van der Waals surface area contributed by atoms with Gasteiger partial charge < -0.3 is 21.5 Å². The van der Waals surface area contributed by atoms with Gasteiger partial charge in [-0.25, -0.2) is 9.97 Å². The summed E-state index contributed by atoms with van der Waals surface area (Å²) < 4.78 is 1.21. The predicted octanol–water partition coefficient (Wildman–Crippen LogP) is 4.88. The number of aromatic nitrogens is 2. The van der Waals surface area contributed by atoms with Crippen molar-refractivity contribution < 1.29 is 10.0 Å². The first-order valence-electron chi connectivity index (χ1n) is 12.0. The second-order valence-corrected chi connectivity index (χ2v) is 10.0. The maximum atomic E-state index is 8.59. The number of nitrogen functional groups attached to an aromatic ring is 2. The molecular weight excluding hydrogens is 515 g/mol. The minimum absolute atomic E-state index is 0.342.